The molecule has 0 radical (unpaired) electrons. The molecule has 0 aromatic heterocycles. The van der Waals surface area contributed by atoms with Crippen LogP contribution in [0.15, 0.2) is 92.8 Å². The van der Waals surface area contributed by atoms with Crippen LogP contribution in [0, 0.1) is 0 Å². The van der Waals surface area contributed by atoms with E-state index >= 15 is 0 Å². The van der Waals surface area contributed by atoms with Crippen molar-refractivity contribution < 1.29 is 0 Å². The van der Waals surface area contributed by atoms with E-state index in [9.17, 15) is 0 Å². The number of amidine groups is 4. The lowest BCUT2D eigenvalue weighted by Crippen LogP contribution is -2.19. The Kier molecular flexibility index (Phi) is 6.03. The summed E-state index contributed by atoms with van der Waals surface area (Å²) < 4.78 is 0. The van der Waals surface area contributed by atoms with Crippen LogP contribution in [0.5, 0.6) is 0 Å². The quantitative estimate of drug-likeness (QED) is 0.340. The summed E-state index contributed by atoms with van der Waals surface area (Å²) in [4.78, 5) is 17.9. The average molecular weight is 451 g/mol. The van der Waals surface area contributed by atoms with E-state index in [1.54, 1.807) is 0 Å². The first-order valence-electron chi connectivity index (χ1n) is 11.2. The van der Waals surface area contributed by atoms with Crippen molar-refractivity contribution in [2.75, 3.05) is 26.2 Å². The van der Waals surface area contributed by atoms with Crippen LogP contribution in [0.2, 0.25) is 0 Å². The van der Waals surface area contributed by atoms with Gasteiger partial charge in [0.15, 0.2) is 0 Å². The van der Waals surface area contributed by atoms with E-state index in [1.807, 2.05) is 72.8 Å². The van der Waals surface area contributed by atoms with Crippen LogP contribution < -0.4 is 22.1 Å². The third kappa shape index (κ3) is 4.80. The fraction of sp³-hybridized carbons (Fsp3) is 0.154. The van der Waals surface area contributed by atoms with Gasteiger partial charge in [-0.05, 0) is 48.5 Å². The fourth-order valence-corrected chi connectivity index (χ4v) is 3.79. The Hall–Kier alpha value is -4.46. The molecule has 2 aliphatic rings. The van der Waals surface area contributed by atoms with E-state index in [4.69, 9.17) is 11.5 Å². The van der Waals surface area contributed by atoms with E-state index in [2.05, 4.69) is 30.6 Å². The number of rotatable bonds is 6. The molecule has 0 saturated heterocycles. The van der Waals surface area contributed by atoms with Gasteiger partial charge in [-0.3, -0.25) is 9.98 Å². The largest absolute Gasteiger partial charge is 0.383 e. The number of hydrogen-bond donors (Lipinski definition) is 4. The molecule has 6 N–H and O–H groups in total. The summed E-state index contributed by atoms with van der Waals surface area (Å²) in [6, 6.07) is 23.3. The van der Waals surface area contributed by atoms with Crippen molar-refractivity contribution in [2.24, 2.45) is 31.4 Å². The Morgan fingerprint density at radius 1 is 0.588 bits per heavy atom. The predicted octanol–water partition coefficient (Wildman–Crippen LogP) is 2.46. The van der Waals surface area contributed by atoms with Crippen LogP contribution in [-0.2, 0) is 0 Å². The molecule has 2 aliphatic heterocycles. The molecule has 34 heavy (non-hydrogen) atoms. The zero-order valence-corrected chi connectivity index (χ0v) is 18.7. The molecule has 8 heteroatoms. The van der Waals surface area contributed by atoms with Crippen molar-refractivity contribution in [1.29, 1.82) is 0 Å². The summed E-state index contributed by atoms with van der Waals surface area (Å²) in [5.41, 5.74) is 17.8. The number of nitrogens with one attached hydrogen (secondary N) is 2. The molecule has 0 fully saturated rings. The van der Waals surface area contributed by atoms with Gasteiger partial charge in [0.05, 0.1) is 24.5 Å². The normalized spacial score (nSPS) is 16.0. The molecular weight excluding hydrogens is 424 g/mol. The molecule has 0 aliphatic carbocycles. The van der Waals surface area contributed by atoms with E-state index < -0.39 is 0 Å². The fourth-order valence-electron chi connectivity index (χ4n) is 3.79. The van der Waals surface area contributed by atoms with E-state index in [0.29, 0.717) is 11.7 Å². The Morgan fingerprint density at radius 3 is 1.29 bits per heavy atom. The lowest BCUT2D eigenvalue weighted by molar-refractivity contribution is 0.960. The summed E-state index contributed by atoms with van der Waals surface area (Å²) in [7, 11) is 0. The molecule has 3 aromatic rings. The third-order valence-corrected chi connectivity index (χ3v) is 5.61. The van der Waals surface area contributed by atoms with Gasteiger partial charge in [0.1, 0.15) is 23.3 Å². The van der Waals surface area contributed by atoms with Crippen LogP contribution in [0.25, 0.3) is 0 Å². The molecular formula is C26H26N8. The molecule has 0 spiro atoms. The van der Waals surface area contributed by atoms with Gasteiger partial charge >= 0.3 is 0 Å². The first-order valence-corrected chi connectivity index (χ1v) is 11.2. The maximum Gasteiger partial charge on any atom is 0.131 e. The van der Waals surface area contributed by atoms with Crippen molar-refractivity contribution >= 4 is 34.7 Å². The highest BCUT2D eigenvalue weighted by Gasteiger charge is 2.09. The molecule has 5 rings (SSSR count). The zero-order chi connectivity index (χ0) is 23.3. The number of hydrogen-bond acceptors (Lipinski definition) is 6. The Balaban J connectivity index is 1.27. The molecule has 2 heterocycles. The highest BCUT2D eigenvalue weighted by atomic mass is 15.1. The highest BCUT2D eigenvalue weighted by Crippen LogP contribution is 2.17. The maximum atomic E-state index is 6.24. The van der Waals surface area contributed by atoms with Crippen LogP contribution >= 0.6 is 0 Å². The molecule has 0 saturated carbocycles. The minimum Gasteiger partial charge on any atom is -0.383 e. The summed E-state index contributed by atoms with van der Waals surface area (Å²) >= 11 is 0. The van der Waals surface area contributed by atoms with E-state index in [0.717, 1.165) is 71.5 Å². The number of nitrogens with zero attached hydrogens (tertiary/aromatic N) is 4. The maximum absolute atomic E-state index is 6.24. The minimum atomic E-state index is 0.435. The third-order valence-electron chi connectivity index (χ3n) is 5.61. The van der Waals surface area contributed by atoms with Crippen LogP contribution in [0.1, 0.15) is 22.3 Å². The molecule has 0 atom stereocenters. The topological polar surface area (TPSA) is 126 Å². The summed E-state index contributed by atoms with van der Waals surface area (Å²) in [6.07, 6.45) is 0. The van der Waals surface area contributed by atoms with Gasteiger partial charge < -0.3 is 22.1 Å². The Morgan fingerprint density at radius 2 is 0.971 bits per heavy atom. The van der Waals surface area contributed by atoms with Gasteiger partial charge in [0.2, 0.25) is 0 Å². The van der Waals surface area contributed by atoms with Crippen molar-refractivity contribution in [2.45, 2.75) is 0 Å². The number of benzene rings is 3. The van der Waals surface area contributed by atoms with Gasteiger partial charge in [-0.1, -0.05) is 24.3 Å². The lowest BCUT2D eigenvalue weighted by Gasteiger charge is -2.06. The second kappa shape index (κ2) is 9.58. The zero-order valence-electron chi connectivity index (χ0n) is 18.7. The monoisotopic (exact) mass is 450 g/mol. The van der Waals surface area contributed by atoms with Crippen LogP contribution in [0.4, 0.5) is 11.4 Å². The van der Waals surface area contributed by atoms with Crippen molar-refractivity contribution in [1.82, 2.24) is 10.6 Å². The SMILES string of the molecule is NC(=Nc1ccc(C2=NCCN2)cc1)c1ccc(C(N)=Nc2ccc(C3=NCCN3)cc2)cc1. The van der Waals surface area contributed by atoms with Crippen molar-refractivity contribution in [3.8, 4) is 0 Å². The Bertz CT molecular complexity index is 1180. The van der Waals surface area contributed by atoms with E-state index in [1.165, 1.54) is 0 Å². The predicted molar refractivity (Wildman–Crippen MR) is 139 cm³/mol. The van der Waals surface area contributed by atoms with Crippen LogP contribution in [0.3, 0.4) is 0 Å². The smallest absolute Gasteiger partial charge is 0.131 e. The van der Waals surface area contributed by atoms with Crippen molar-refractivity contribution in [3.05, 3.63) is 95.1 Å². The van der Waals surface area contributed by atoms with Gasteiger partial charge in [-0.2, -0.15) is 0 Å². The van der Waals surface area contributed by atoms with E-state index in [-0.39, 0.29) is 0 Å². The van der Waals surface area contributed by atoms with Gasteiger partial charge in [-0.15, -0.1) is 0 Å². The molecule has 170 valence electrons. The van der Waals surface area contributed by atoms with Gasteiger partial charge in [0.25, 0.3) is 0 Å². The van der Waals surface area contributed by atoms with Gasteiger partial charge in [-0.25, -0.2) is 9.98 Å². The second-order valence-electron chi connectivity index (χ2n) is 7.98. The molecule has 8 nitrogen and oxygen atoms in total. The molecule has 0 unspecified atom stereocenters. The number of nitrogens with two attached hydrogens (primary N) is 2. The highest BCUT2D eigenvalue weighted by molar-refractivity contribution is 6.03. The molecule has 0 amide bonds. The first kappa shape index (κ1) is 21.4. The van der Waals surface area contributed by atoms with Crippen LogP contribution in [-0.4, -0.2) is 49.5 Å². The average Bonchev–Trinajstić information content (AvgIpc) is 3.60. The minimum absolute atomic E-state index is 0.435. The van der Waals surface area contributed by atoms with Crippen molar-refractivity contribution in [3.63, 3.8) is 0 Å². The summed E-state index contributed by atoms with van der Waals surface area (Å²) in [5, 5.41) is 6.53. The standard InChI is InChI=1S/C26H26N8/c27-23(33-21-9-5-19(6-10-21)25-29-13-14-30-25)17-1-2-18(4-3-17)24(28)34-22-11-7-20(8-12-22)26-31-15-16-32-26/h1-12H,13-16H2,(H2,27,33)(H2,28,34)(H,29,30)(H,31,32). The molecule has 3 aromatic carbocycles. The Labute approximate surface area is 198 Å². The lowest BCUT2D eigenvalue weighted by atomic mass is 10.1. The second-order valence-corrected chi connectivity index (χ2v) is 7.98. The first-order chi connectivity index (χ1) is 16.7. The summed E-state index contributed by atoms with van der Waals surface area (Å²) in [6.45, 7) is 3.39. The van der Waals surface area contributed by atoms with Gasteiger partial charge in [0, 0.05) is 35.3 Å². The molecule has 0 bridgehead atoms. The summed E-state index contributed by atoms with van der Waals surface area (Å²) in [5.74, 6) is 2.72. The number of aliphatic imine (C=N–C) groups is 4.